The van der Waals surface area contributed by atoms with Crippen molar-refractivity contribution in [3.05, 3.63) is 29.6 Å². The van der Waals surface area contributed by atoms with E-state index in [2.05, 4.69) is 17.1 Å². The number of hydrogen-bond donors (Lipinski definition) is 1. The lowest BCUT2D eigenvalue weighted by molar-refractivity contribution is 0.592. The highest BCUT2D eigenvalue weighted by molar-refractivity contribution is 5.53. The maximum absolute atomic E-state index is 13.7. The summed E-state index contributed by atoms with van der Waals surface area (Å²) in [5, 5.41) is 3.18. The summed E-state index contributed by atoms with van der Waals surface area (Å²) < 4.78 is 13.7. The molecule has 0 unspecified atom stereocenters. The second-order valence-corrected chi connectivity index (χ2v) is 3.94. The van der Waals surface area contributed by atoms with Crippen molar-refractivity contribution in [2.45, 2.75) is 26.8 Å². The smallest absolute Gasteiger partial charge is 0.129 e. The SMILES string of the molecule is CCCN(C)c1cccc(F)c1CNCC. The van der Waals surface area contributed by atoms with E-state index in [1.54, 1.807) is 6.07 Å². The number of benzene rings is 1. The molecule has 0 saturated carbocycles. The highest BCUT2D eigenvalue weighted by Gasteiger charge is 2.10. The van der Waals surface area contributed by atoms with E-state index in [-0.39, 0.29) is 5.82 Å². The number of hydrogen-bond acceptors (Lipinski definition) is 2. The molecule has 1 N–H and O–H groups in total. The first-order valence-electron chi connectivity index (χ1n) is 5.89. The fraction of sp³-hybridized carbons (Fsp3) is 0.538. The Morgan fingerprint density at radius 2 is 2.06 bits per heavy atom. The van der Waals surface area contributed by atoms with Crippen LogP contribution in [0.25, 0.3) is 0 Å². The molecule has 0 radical (unpaired) electrons. The molecule has 0 saturated heterocycles. The van der Waals surface area contributed by atoms with Crippen LogP contribution in [0.1, 0.15) is 25.8 Å². The van der Waals surface area contributed by atoms with Gasteiger partial charge in [-0.15, -0.1) is 0 Å². The number of rotatable bonds is 6. The fourth-order valence-electron chi connectivity index (χ4n) is 1.79. The van der Waals surface area contributed by atoms with Gasteiger partial charge < -0.3 is 10.2 Å². The minimum Gasteiger partial charge on any atom is -0.374 e. The molecular formula is C13H21FN2. The monoisotopic (exact) mass is 224 g/mol. The minimum atomic E-state index is -0.124. The second kappa shape index (κ2) is 6.48. The van der Waals surface area contributed by atoms with Crippen LogP contribution in [0.5, 0.6) is 0 Å². The van der Waals surface area contributed by atoms with Gasteiger partial charge in [0.1, 0.15) is 5.82 Å². The largest absolute Gasteiger partial charge is 0.374 e. The Kier molecular flexibility index (Phi) is 5.26. The summed E-state index contributed by atoms with van der Waals surface area (Å²) in [5.74, 6) is -0.124. The molecule has 0 aliphatic carbocycles. The molecule has 0 spiro atoms. The predicted molar refractivity (Wildman–Crippen MR) is 67.3 cm³/mol. The average molecular weight is 224 g/mol. The zero-order chi connectivity index (χ0) is 12.0. The van der Waals surface area contributed by atoms with Crippen LogP contribution < -0.4 is 10.2 Å². The Hall–Kier alpha value is -1.09. The van der Waals surface area contributed by atoms with Gasteiger partial charge in [0.15, 0.2) is 0 Å². The Bertz CT molecular complexity index is 326. The van der Waals surface area contributed by atoms with Gasteiger partial charge in [-0.05, 0) is 25.1 Å². The summed E-state index contributed by atoms with van der Waals surface area (Å²) in [6.45, 7) is 6.54. The molecule has 0 aliphatic heterocycles. The van der Waals surface area contributed by atoms with Crippen LogP contribution >= 0.6 is 0 Å². The van der Waals surface area contributed by atoms with Crippen molar-refractivity contribution >= 4 is 5.69 Å². The lowest BCUT2D eigenvalue weighted by Crippen LogP contribution is -2.22. The van der Waals surface area contributed by atoms with E-state index in [0.717, 1.165) is 30.8 Å². The van der Waals surface area contributed by atoms with Crippen molar-refractivity contribution in [1.29, 1.82) is 0 Å². The molecule has 90 valence electrons. The van der Waals surface area contributed by atoms with Gasteiger partial charge in [0.05, 0.1) is 0 Å². The summed E-state index contributed by atoms with van der Waals surface area (Å²) in [7, 11) is 2.01. The number of anilines is 1. The second-order valence-electron chi connectivity index (χ2n) is 3.94. The van der Waals surface area contributed by atoms with Crippen LogP contribution in [-0.4, -0.2) is 20.1 Å². The van der Waals surface area contributed by atoms with E-state index < -0.39 is 0 Å². The van der Waals surface area contributed by atoms with Gasteiger partial charge in [0, 0.05) is 31.4 Å². The molecular weight excluding hydrogens is 203 g/mol. The molecule has 0 heterocycles. The van der Waals surface area contributed by atoms with E-state index >= 15 is 0 Å². The van der Waals surface area contributed by atoms with Crippen molar-refractivity contribution in [3.63, 3.8) is 0 Å². The first kappa shape index (κ1) is 13.0. The summed E-state index contributed by atoms with van der Waals surface area (Å²) in [5.41, 5.74) is 1.75. The summed E-state index contributed by atoms with van der Waals surface area (Å²) in [4.78, 5) is 2.11. The first-order chi connectivity index (χ1) is 7.70. The highest BCUT2D eigenvalue weighted by atomic mass is 19.1. The molecule has 0 aliphatic rings. The van der Waals surface area contributed by atoms with Crippen LogP contribution in [0.15, 0.2) is 18.2 Å². The maximum Gasteiger partial charge on any atom is 0.129 e. The summed E-state index contributed by atoms with van der Waals surface area (Å²) in [6, 6.07) is 5.27. The molecule has 1 rings (SSSR count). The van der Waals surface area contributed by atoms with Crippen LogP contribution in [0.2, 0.25) is 0 Å². The normalized spacial score (nSPS) is 10.5. The lowest BCUT2D eigenvalue weighted by Gasteiger charge is -2.22. The van der Waals surface area contributed by atoms with E-state index in [9.17, 15) is 4.39 Å². The zero-order valence-corrected chi connectivity index (χ0v) is 10.4. The molecule has 0 atom stereocenters. The van der Waals surface area contributed by atoms with Crippen molar-refractivity contribution in [2.24, 2.45) is 0 Å². The van der Waals surface area contributed by atoms with Crippen molar-refractivity contribution < 1.29 is 4.39 Å². The van der Waals surface area contributed by atoms with Gasteiger partial charge >= 0.3 is 0 Å². The van der Waals surface area contributed by atoms with E-state index in [1.807, 2.05) is 20.0 Å². The van der Waals surface area contributed by atoms with Gasteiger partial charge in [-0.25, -0.2) is 4.39 Å². The molecule has 3 heteroatoms. The Morgan fingerprint density at radius 3 is 2.69 bits per heavy atom. The number of nitrogens with one attached hydrogen (secondary N) is 1. The average Bonchev–Trinajstić information content (AvgIpc) is 2.27. The van der Waals surface area contributed by atoms with Crippen molar-refractivity contribution in [1.82, 2.24) is 5.32 Å². The Morgan fingerprint density at radius 1 is 1.31 bits per heavy atom. The van der Waals surface area contributed by atoms with Crippen molar-refractivity contribution in [3.8, 4) is 0 Å². The fourth-order valence-corrected chi connectivity index (χ4v) is 1.79. The molecule has 1 aromatic rings. The third-order valence-electron chi connectivity index (χ3n) is 2.62. The molecule has 0 bridgehead atoms. The third-order valence-corrected chi connectivity index (χ3v) is 2.62. The number of nitrogens with zero attached hydrogens (tertiary/aromatic N) is 1. The van der Waals surface area contributed by atoms with Gasteiger partial charge in [-0.3, -0.25) is 0 Å². The van der Waals surface area contributed by atoms with E-state index in [4.69, 9.17) is 0 Å². The molecule has 16 heavy (non-hydrogen) atoms. The van der Waals surface area contributed by atoms with Gasteiger partial charge in [0.2, 0.25) is 0 Å². The van der Waals surface area contributed by atoms with E-state index in [1.165, 1.54) is 6.07 Å². The van der Waals surface area contributed by atoms with Crippen LogP contribution in [0.4, 0.5) is 10.1 Å². The molecule has 1 aromatic carbocycles. The van der Waals surface area contributed by atoms with Gasteiger partial charge in [-0.1, -0.05) is 19.9 Å². The minimum absolute atomic E-state index is 0.124. The first-order valence-corrected chi connectivity index (χ1v) is 5.89. The Labute approximate surface area is 97.5 Å². The highest BCUT2D eigenvalue weighted by Crippen LogP contribution is 2.22. The topological polar surface area (TPSA) is 15.3 Å². The molecule has 0 amide bonds. The molecule has 0 aromatic heterocycles. The predicted octanol–water partition coefficient (Wildman–Crippen LogP) is 2.78. The summed E-state index contributed by atoms with van der Waals surface area (Å²) >= 11 is 0. The third kappa shape index (κ3) is 3.20. The standard InChI is InChI=1S/C13H21FN2/c1-4-9-16(3)13-8-6-7-12(14)11(13)10-15-5-2/h6-8,15H,4-5,9-10H2,1-3H3. The quantitative estimate of drug-likeness (QED) is 0.799. The maximum atomic E-state index is 13.7. The Balaban J connectivity index is 2.92. The number of halogens is 1. The van der Waals surface area contributed by atoms with Gasteiger partial charge in [-0.2, -0.15) is 0 Å². The molecule has 0 fully saturated rings. The van der Waals surface area contributed by atoms with Gasteiger partial charge in [0.25, 0.3) is 0 Å². The summed E-state index contributed by atoms with van der Waals surface area (Å²) in [6.07, 6.45) is 1.06. The van der Waals surface area contributed by atoms with Crippen LogP contribution in [0, 0.1) is 5.82 Å². The van der Waals surface area contributed by atoms with Crippen LogP contribution in [-0.2, 0) is 6.54 Å². The van der Waals surface area contributed by atoms with E-state index in [0.29, 0.717) is 6.54 Å². The zero-order valence-electron chi connectivity index (χ0n) is 10.4. The molecule has 2 nitrogen and oxygen atoms in total. The van der Waals surface area contributed by atoms with Crippen LogP contribution in [0.3, 0.4) is 0 Å². The van der Waals surface area contributed by atoms with Crippen molar-refractivity contribution in [2.75, 3.05) is 25.0 Å². The lowest BCUT2D eigenvalue weighted by atomic mass is 10.1.